The van der Waals surface area contributed by atoms with Crippen molar-refractivity contribution >= 4 is 32.4 Å². The van der Waals surface area contributed by atoms with E-state index >= 15 is 0 Å². The summed E-state index contributed by atoms with van der Waals surface area (Å²) in [5.74, 6) is 0.0371. The van der Waals surface area contributed by atoms with Crippen molar-refractivity contribution < 1.29 is 22.4 Å². The Bertz CT molecular complexity index is 1160. The second-order valence-corrected chi connectivity index (χ2v) is 10.4. The van der Waals surface area contributed by atoms with E-state index in [4.69, 9.17) is 9.15 Å². The summed E-state index contributed by atoms with van der Waals surface area (Å²) in [4.78, 5) is 17.9. The Kier molecular flexibility index (Phi) is 6.02. The van der Waals surface area contributed by atoms with Crippen LogP contribution in [0.3, 0.4) is 0 Å². The molecule has 0 aliphatic heterocycles. The van der Waals surface area contributed by atoms with Crippen molar-refractivity contribution in [3.63, 3.8) is 0 Å². The van der Waals surface area contributed by atoms with Gasteiger partial charge in [0.05, 0.1) is 12.8 Å². The molecule has 3 aromatic rings. The third kappa shape index (κ3) is 5.07. The van der Waals surface area contributed by atoms with Crippen LogP contribution in [0.25, 0.3) is 11.3 Å². The summed E-state index contributed by atoms with van der Waals surface area (Å²) in [6, 6.07) is 10.0. The lowest BCUT2D eigenvalue weighted by Crippen LogP contribution is -2.40. The van der Waals surface area contributed by atoms with Crippen molar-refractivity contribution in [2.24, 2.45) is 0 Å². The van der Waals surface area contributed by atoms with E-state index in [-0.39, 0.29) is 10.9 Å². The van der Waals surface area contributed by atoms with Crippen molar-refractivity contribution in [3.05, 3.63) is 47.0 Å². The van der Waals surface area contributed by atoms with Gasteiger partial charge in [0, 0.05) is 16.0 Å². The Hall–Kier alpha value is -2.69. The minimum atomic E-state index is -3.87. The average molecular weight is 450 g/mol. The van der Waals surface area contributed by atoms with Gasteiger partial charge in [-0.25, -0.2) is 18.1 Å². The molecule has 0 saturated heterocycles. The lowest BCUT2D eigenvalue weighted by Gasteiger charge is -2.18. The van der Waals surface area contributed by atoms with Crippen LogP contribution in [0.1, 0.15) is 36.2 Å². The molecule has 0 fully saturated rings. The molecule has 8 nitrogen and oxygen atoms in total. The topological polar surface area (TPSA) is 111 Å². The standard InChI is InChI=1S/C20H23N3O5S2/c1-12-17(13-6-8-14(27-5)9-7-13)21-19(29-12)22-18(24)15-10-11-16(28-15)30(25,26)23-20(2,3)4/h6-11,23H,1-5H3,(H,21,22,24). The molecule has 0 saturated carbocycles. The first-order valence-corrected chi connectivity index (χ1v) is 11.4. The number of anilines is 1. The van der Waals surface area contributed by atoms with Crippen LogP contribution < -0.4 is 14.8 Å². The van der Waals surface area contributed by atoms with Gasteiger partial charge in [0.25, 0.3) is 15.9 Å². The highest BCUT2D eigenvalue weighted by atomic mass is 32.2. The molecule has 1 amide bonds. The molecule has 1 aromatic carbocycles. The van der Waals surface area contributed by atoms with Crippen LogP contribution in [0.2, 0.25) is 0 Å². The fourth-order valence-electron chi connectivity index (χ4n) is 2.67. The van der Waals surface area contributed by atoms with Gasteiger partial charge >= 0.3 is 0 Å². The van der Waals surface area contributed by atoms with E-state index in [9.17, 15) is 13.2 Å². The first-order chi connectivity index (χ1) is 14.0. The number of hydrogen-bond donors (Lipinski definition) is 2. The van der Waals surface area contributed by atoms with Crippen molar-refractivity contribution in [2.75, 3.05) is 12.4 Å². The average Bonchev–Trinajstić information content (AvgIpc) is 3.27. The molecule has 0 aliphatic carbocycles. The summed E-state index contributed by atoms with van der Waals surface area (Å²) < 4.78 is 37.6. The summed E-state index contributed by atoms with van der Waals surface area (Å²) in [6.45, 7) is 7.05. The molecule has 160 valence electrons. The Morgan fingerprint density at radius 1 is 1.13 bits per heavy atom. The first kappa shape index (κ1) is 22.0. The number of furan rings is 1. The highest BCUT2D eigenvalue weighted by Crippen LogP contribution is 2.31. The monoisotopic (exact) mass is 449 g/mol. The van der Waals surface area contributed by atoms with Gasteiger partial charge in [-0.2, -0.15) is 0 Å². The zero-order valence-electron chi connectivity index (χ0n) is 17.3. The van der Waals surface area contributed by atoms with Gasteiger partial charge in [0.2, 0.25) is 5.09 Å². The number of hydrogen-bond acceptors (Lipinski definition) is 7. The van der Waals surface area contributed by atoms with Gasteiger partial charge in [0.15, 0.2) is 10.9 Å². The predicted octanol–water partition coefficient (Wildman–Crippen LogP) is 4.05. The van der Waals surface area contributed by atoms with Crippen molar-refractivity contribution in [2.45, 2.75) is 38.3 Å². The molecular weight excluding hydrogens is 426 g/mol. The van der Waals surface area contributed by atoms with Crippen LogP contribution in [-0.4, -0.2) is 32.0 Å². The predicted molar refractivity (Wildman–Crippen MR) is 116 cm³/mol. The van der Waals surface area contributed by atoms with E-state index in [1.54, 1.807) is 27.9 Å². The fourth-order valence-corrected chi connectivity index (χ4v) is 4.85. The van der Waals surface area contributed by atoms with Crippen molar-refractivity contribution in [1.82, 2.24) is 9.71 Å². The van der Waals surface area contributed by atoms with Gasteiger partial charge in [-0.1, -0.05) is 0 Å². The molecule has 0 atom stereocenters. The molecule has 2 aromatic heterocycles. The molecule has 2 N–H and O–H groups in total. The zero-order valence-corrected chi connectivity index (χ0v) is 18.9. The van der Waals surface area contributed by atoms with E-state index in [0.717, 1.165) is 21.9 Å². The van der Waals surface area contributed by atoms with Gasteiger partial charge in [-0.15, -0.1) is 11.3 Å². The lowest BCUT2D eigenvalue weighted by molar-refractivity contribution is 0.0991. The van der Waals surface area contributed by atoms with Gasteiger partial charge in [-0.05, 0) is 64.1 Å². The maximum atomic E-state index is 12.5. The number of sulfonamides is 1. The molecule has 2 heterocycles. The smallest absolute Gasteiger partial charge is 0.293 e. The summed E-state index contributed by atoms with van der Waals surface area (Å²) in [7, 11) is -2.27. The highest BCUT2D eigenvalue weighted by molar-refractivity contribution is 7.89. The second-order valence-electron chi connectivity index (χ2n) is 7.58. The first-order valence-electron chi connectivity index (χ1n) is 9.05. The number of thiazole rings is 1. The molecule has 3 rings (SSSR count). The molecule has 0 unspecified atom stereocenters. The highest BCUT2D eigenvalue weighted by Gasteiger charge is 2.26. The second kappa shape index (κ2) is 8.21. The van der Waals surface area contributed by atoms with Crippen LogP contribution in [0.4, 0.5) is 5.13 Å². The largest absolute Gasteiger partial charge is 0.497 e. The Balaban J connectivity index is 1.76. The number of carbonyl (C=O) groups is 1. The van der Waals surface area contributed by atoms with E-state index < -0.39 is 21.5 Å². The maximum absolute atomic E-state index is 12.5. The summed E-state index contributed by atoms with van der Waals surface area (Å²) in [5.41, 5.74) is 0.962. The third-order valence-corrected chi connectivity index (χ3v) is 6.41. The lowest BCUT2D eigenvalue weighted by atomic mass is 10.1. The fraction of sp³-hybridized carbons (Fsp3) is 0.300. The normalized spacial score (nSPS) is 12.0. The Labute approximate surface area is 179 Å². The number of nitrogens with one attached hydrogen (secondary N) is 2. The summed E-state index contributed by atoms with van der Waals surface area (Å²) >= 11 is 1.32. The molecule has 0 bridgehead atoms. The number of methoxy groups -OCH3 is 1. The molecule has 10 heteroatoms. The number of amides is 1. The Morgan fingerprint density at radius 2 is 1.80 bits per heavy atom. The van der Waals surface area contributed by atoms with Crippen LogP contribution in [-0.2, 0) is 10.0 Å². The summed E-state index contributed by atoms with van der Waals surface area (Å²) in [6.07, 6.45) is 0. The Morgan fingerprint density at radius 3 is 2.40 bits per heavy atom. The number of aryl methyl sites for hydroxylation is 1. The number of rotatable bonds is 6. The minimum Gasteiger partial charge on any atom is -0.497 e. The number of nitrogens with zero attached hydrogens (tertiary/aromatic N) is 1. The van der Waals surface area contributed by atoms with Crippen LogP contribution in [0.15, 0.2) is 45.9 Å². The zero-order chi connectivity index (χ0) is 22.1. The third-order valence-electron chi connectivity index (χ3n) is 3.89. The number of carbonyl (C=O) groups excluding carboxylic acids is 1. The van der Waals surface area contributed by atoms with E-state index in [1.807, 2.05) is 31.2 Å². The van der Waals surface area contributed by atoms with E-state index in [0.29, 0.717) is 5.13 Å². The van der Waals surface area contributed by atoms with Crippen molar-refractivity contribution in [3.8, 4) is 17.0 Å². The molecule has 0 aliphatic rings. The van der Waals surface area contributed by atoms with Crippen LogP contribution in [0, 0.1) is 6.92 Å². The van der Waals surface area contributed by atoms with Crippen LogP contribution in [0.5, 0.6) is 5.75 Å². The van der Waals surface area contributed by atoms with E-state index in [2.05, 4.69) is 15.0 Å². The van der Waals surface area contributed by atoms with Gasteiger partial charge in [0.1, 0.15) is 5.75 Å². The van der Waals surface area contributed by atoms with Crippen LogP contribution >= 0.6 is 11.3 Å². The minimum absolute atomic E-state index is 0.122. The molecule has 0 radical (unpaired) electrons. The molecular formula is C20H23N3O5S2. The number of aromatic nitrogens is 1. The quantitative estimate of drug-likeness (QED) is 0.587. The maximum Gasteiger partial charge on any atom is 0.293 e. The van der Waals surface area contributed by atoms with Crippen molar-refractivity contribution in [1.29, 1.82) is 0 Å². The number of ether oxygens (including phenoxy) is 1. The SMILES string of the molecule is COc1ccc(-c2nc(NC(=O)c3ccc(S(=O)(=O)NC(C)(C)C)o3)sc2C)cc1. The van der Waals surface area contributed by atoms with E-state index in [1.165, 1.54) is 23.5 Å². The van der Waals surface area contributed by atoms with Gasteiger partial charge in [-0.3, -0.25) is 10.1 Å². The molecule has 30 heavy (non-hydrogen) atoms. The summed E-state index contributed by atoms with van der Waals surface area (Å²) in [5, 5.41) is 2.72. The van der Waals surface area contributed by atoms with Gasteiger partial charge < -0.3 is 9.15 Å². The number of benzene rings is 1. The molecule has 0 spiro atoms.